The predicted molar refractivity (Wildman–Crippen MR) is 69.6 cm³/mol. The minimum Gasteiger partial charge on any atom is -0.373 e. The number of nitrogens with one attached hydrogen (secondary N) is 1. The maximum absolute atomic E-state index is 5.78. The van der Waals surface area contributed by atoms with Crippen molar-refractivity contribution in [3.63, 3.8) is 0 Å². The van der Waals surface area contributed by atoms with Crippen molar-refractivity contribution >= 4 is 0 Å². The van der Waals surface area contributed by atoms with Crippen LogP contribution in [0.2, 0.25) is 0 Å². The maximum atomic E-state index is 5.78. The third kappa shape index (κ3) is 4.26. The van der Waals surface area contributed by atoms with E-state index in [1.807, 2.05) is 0 Å². The highest BCUT2D eigenvalue weighted by molar-refractivity contribution is 4.90. The molecule has 0 aromatic carbocycles. The molecule has 1 fully saturated rings. The molecule has 0 bridgehead atoms. The summed E-state index contributed by atoms with van der Waals surface area (Å²) in [5.41, 5.74) is 0. The molecule has 1 aliphatic rings. The van der Waals surface area contributed by atoms with Crippen molar-refractivity contribution in [1.29, 1.82) is 0 Å². The molecule has 1 saturated heterocycles. The second-order valence-electron chi connectivity index (χ2n) is 4.82. The van der Waals surface area contributed by atoms with E-state index in [1.165, 1.54) is 0 Å². The van der Waals surface area contributed by atoms with Crippen LogP contribution in [0.1, 0.15) is 50.4 Å². The monoisotopic (exact) mass is 269 g/mol. The molecular weight excluding hydrogens is 246 g/mol. The quantitative estimate of drug-likeness (QED) is 0.814. The summed E-state index contributed by atoms with van der Waals surface area (Å²) in [6, 6.07) is 0. The van der Waals surface area contributed by atoms with Crippen LogP contribution in [-0.2, 0) is 16.1 Å². The number of piperidine rings is 1. The number of hydrogen-bond donors (Lipinski definition) is 1. The summed E-state index contributed by atoms with van der Waals surface area (Å²) in [5.74, 6) is 1.15. The lowest BCUT2D eigenvalue weighted by atomic mass is 10.1. The third-order valence-electron chi connectivity index (χ3n) is 3.34. The van der Waals surface area contributed by atoms with Gasteiger partial charge in [-0.15, -0.1) is 0 Å². The summed E-state index contributed by atoms with van der Waals surface area (Å²) in [4.78, 5) is 4.34. The second kappa shape index (κ2) is 7.57. The number of aromatic nitrogens is 2. The van der Waals surface area contributed by atoms with Gasteiger partial charge in [-0.2, -0.15) is 4.98 Å². The van der Waals surface area contributed by atoms with Crippen molar-refractivity contribution < 1.29 is 14.0 Å². The standard InChI is InChI=1S/C13H23N3O3/c1-3-4-11(17-2)13-15-12(19-16-13)9-18-10-5-7-14-8-6-10/h10-11,14H,3-9H2,1-2H3. The first-order valence-corrected chi connectivity index (χ1v) is 7.01. The molecule has 6 nitrogen and oxygen atoms in total. The fourth-order valence-corrected chi connectivity index (χ4v) is 2.22. The first kappa shape index (κ1) is 14.4. The number of hydrogen-bond acceptors (Lipinski definition) is 6. The number of rotatable bonds is 7. The van der Waals surface area contributed by atoms with Crippen LogP contribution in [0.5, 0.6) is 0 Å². The van der Waals surface area contributed by atoms with Crippen molar-refractivity contribution in [2.24, 2.45) is 0 Å². The summed E-state index contributed by atoms with van der Waals surface area (Å²) in [7, 11) is 1.67. The van der Waals surface area contributed by atoms with E-state index >= 15 is 0 Å². The van der Waals surface area contributed by atoms with Gasteiger partial charge in [-0.25, -0.2) is 0 Å². The first-order valence-electron chi connectivity index (χ1n) is 7.01. The van der Waals surface area contributed by atoms with Crippen molar-refractivity contribution in [1.82, 2.24) is 15.5 Å². The summed E-state index contributed by atoms with van der Waals surface area (Å²) >= 11 is 0. The molecule has 2 rings (SSSR count). The number of ether oxygens (including phenoxy) is 2. The molecular formula is C13H23N3O3. The minimum atomic E-state index is -0.0821. The van der Waals surface area contributed by atoms with Gasteiger partial charge >= 0.3 is 0 Å². The number of nitrogens with zero attached hydrogens (tertiary/aromatic N) is 2. The van der Waals surface area contributed by atoms with E-state index < -0.39 is 0 Å². The predicted octanol–water partition coefficient (Wildman–Crippen LogP) is 1.83. The lowest BCUT2D eigenvalue weighted by molar-refractivity contribution is 0.00859. The van der Waals surface area contributed by atoms with Crippen LogP contribution in [-0.4, -0.2) is 36.4 Å². The maximum Gasteiger partial charge on any atom is 0.252 e. The average molecular weight is 269 g/mol. The molecule has 1 unspecified atom stereocenters. The largest absolute Gasteiger partial charge is 0.373 e. The highest BCUT2D eigenvalue weighted by atomic mass is 16.5. The average Bonchev–Trinajstić information content (AvgIpc) is 2.92. The number of methoxy groups -OCH3 is 1. The minimum absolute atomic E-state index is 0.0821. The SMILES string of the molecule is CCCC(OC)c1noc(COC2CCNCC2)n1. The Morgan fingerprint density at radius 1 is 1.42 bits per heavy atom. The highest BCUT2D eigenvalue weighted by Crippen LogP contribution is 2.19. The molecule has 0 spiro atoms. The van der Waals surface area contributed by atoms with E-state index in [9.17, 15) is 0 Å². The topological polar surface area (TPSA) is 69.4 Å². The molecule has 6 heteroatoms. The fraction of sp³-hybridized carbons (Fsp3) is 0.846. The van der Waals surface area contributed by atoms with Crippen molar-refractivity contribution in [2.75, 3.05) is 20.2 Å². The van der Waals surface area contributed by atoms with Gasteiger partial charge in [-0.3, -0.25) is 0 Å². The highest BCUT2D eigenvalue weighted by Gasteiger charge is 2.18. The van der Waals surface area contributed by atoms with E-state index in [-0.39, 0.29) is 6.10 Å². The Hall–Kier alpha value is -0.980. The fourth-order valence-electron chi connectivity index (χ4n) is 2.22. The summed E-state index contributed by atoms with van der Waals surface area (Å²) in [5, 5.41) is 7.27. The Morgan fingerprint density at radius 3 is 2.89 bits per heavy atom. The van der Waals surface area contributed by atoms with Crippen LogP contribution < -0.4 is 5.32 Å². The second-order valence-corrected chi connectivity index (χ2v) is 4.82. The van der Waals surface area contributed by atoms with Gasteiger partial charge in [0.25, 0.3) is 5.89 Å². The van der Waals surface area contributed by atoms with Gasteiger partial charge in [0, 0.05) is 7.11 Å². The van der Waals surface area contributed by atoms with Crippen LogP contribution in [0.3, 0.4) is 0 Å². The Bertz CT molecular complexity index is 364. The molecule has 2 heterocycles. The van der Waals surface area contributed by atoms with Crippen molar-refractivity contribution in [2.45, 2.75) is 51.4 Å². The van der Waals surface area contributed by atoms with E-state index in [0.717, 1.165) is 38.8 Å². The van der Waals surface area contributed by atoms with E-state index in [4.69, 9.17) is 14.0 Å². The van der Waals surface area contributed by atoms with Crippen LogP contribution in [0.15, 0.2) is 4.52 Å². The molecule has 1 aromatic rings. The van der Waals surface area contributed by atoms with Crippen LogP contribution in [0, 0.1) is 0 Å². The molecule has 1 N–H and O–H groups in total. The van der Waals surface area contributed by atoms with Gasteiger partial charge in [0.15, 0.2) is 0 Å². The van der Waals surface area contributed by atoms with Crippen LogP contribution in [0.4, 0.5) is 0 Å². The Morgan fingerprint density at radius 2 is 2.21 bits per heavy atom. The van der Waals surface area contributed by atoms with Crippen LogP contribution in [0.25, 0.3) is 0 Å². The van der Waals surface area contributed by atoms with E-state index in [1.54, 1.807) is 7.11 Å². The Labute approximate surface area is 113 Å². The van der Waals surface area contributed by atoms with Crippen molar-refractivity contribution in [3.05, 3.63) is 11.7 Å². The first-order chi connectivity index (χ1) is 9.33. The van der Waals surface area contributed by atoms with E-state index in [2.05, 4.69) is 22.4 Å². The molecule has 19 heavy (non-hydrogen) atoms. The van der Waals surface area contributed by atoms with Gasteiger partial charge in [0.1, 0.15) is 12.7 Å². The van der Waals surface area contributed by atoms with E-state index in [0.29, 0.717) is 24.4 Å². The zero-order valence-electron chi connectivity index (χ0n) is 11.7. The third-order valence-corrected chi connectivity index (χ3v) is 3.34. The molecule has 108 valence electrons. The molecule has 0 radical (unpaired) electrons. The van der Waals surface area contributed by atoms with Crippen molar-refractivity contribution in [3.8, 4) is 0 Å². The lowest BCUT2D eigenvalue weighted by Crippen LogP contribution is -2.32. The van der Waals surface area contributed by atoms with Gasteiger partial charge in [0.2, 0.25) is 5.82 Å². The van der Waals surface area contributed by atoms with Gasteiger partial charge in [-0.1, -0.05) is 18.5 Å². The summed E-state index contributed by atoms with van der Waals surface area (Å²) < 4.78 is 16.3. The lowest BCUT2D eigenvalue weighted by Gasteiger charge is -2.21. The van der Waals surface area contributed by atoms with Gasteiger partial charge in [0.05, 0.1) is 6.10 Å². The van der Waals surface area contributed by atoms with Gasteiger partial charge < -0.3 is 19.3 Å². The van der Waals surface area contributed by atoms with Crippen LogP contribution >= 0.6 is 0 Å². The smallest absolute Gasteiger partial charge is 0.252 e. The zero-order valence-corrected chi connectivity index (χ0v) is 11.7. The molecule has 1 atom stereocenters. The molecule has 1 aliphatic heterocycles. The molecule has 1 aromatic heterocycles. The Balaban J connectivity index is 1.82. The Kier molecular flexibility index (Phi) is 5.75. The molecule has 0 aliphatic carbocycles. The summed E-state index contributed by atoms with van der Waals surface area (Å²) in [6.07, 6.45) is 4.21. The zero-order chi connectivity index (χ0) is 13.5. The van der Waals surface area contributed by atoms with Gasteiger partial charge in [-0.05, 0) is 32.4 Å². The molecule has 0 amide bonds. The molecule has 0 saturated carbocycles. The normalized spacial score (nSPS) is 18.6. The summed E-state index contributed by atoms with van der Waals surface area (Å²) in [6.45, 7) is 4.53.